The Morgan fingerprint density at radius 2 is 2.05 bits per heavy atom. The highest BCUT2D eigenvalue weighted by Crippen LogP contribution is 2.29. The monoisotopic (exact) mass is 290 g/mol. The summed E-state index contributed by atoms with van der Waals surface area (Å²) in [6.07, 6.45) is 3.57. The van der Waals surface area contributed by atoms with Gasteiger partial charge in [0.1, 0.15) is 5.75 Å². The molecule has 0 aliphatic heterocycles. The minimum absolute atomic E-state index is 0.0154. The molecule has 106 valence electrons. The predicted octanol–water partition coefficient (Wildman–Crippen LogP) is 3.83. The molecule has 0 aliphatic rings. The molecule has 0 saturated heterocycles. The van der Waals surface area contributed by atoms with Crippen LogP contribution in [0.1, 0.15) is 31.0 Å². The molecule has 4 heteroatoms. The number of pyridine rings is 1. The van der Waals surface area contributed by atoms with E-state index in [2.05, 4.69) is 17.2 Å². The van der Waals surface area contributed by atoms with Gasteiger partial charge in [-0.15, -0.1) is 0 Å². The largest absolute Gasteiger partial charge is 0.492 e. The Labute approximate surface area is 124 Å². The molecule has 3 nitrogen and oxygen atoms in total. The minimum Gasteiger partial charge on any atom is -0.492 e. The molecule has 2 aromatic rings. The van der Waals surface area contributed by atoms with Crippen molar-refractivity contribution in [3.63, 3.8) is 0 Å². The van der Waals surface area contributed by atoms with Gasteiger partial charge in [-0.1, -0.05) is 36.7 Å². The third-order valence-electron chi connectivity index (χ3n) is 3.00. The molecule has 1 aromatic heterocycles. The number of hydrogen-bond donors (Lipinski definition) is 1. The van der Waals surface area contributed by atoms with Crippen molar-refractivity contribution < 1.29 is 4.74 Å². The summed E-state index contributed by atoms with van der Waals surface area (Å²) in [5.74, 6) is 0.778. The highest BCUT2D eigenvalue weighted by molar-refractivity contribution is 6.31. The van der Waals surface area contributed by atoms with E-state index < -0.39 is 0 Å². The van der Waals surface area contributed by atoms with E-state index in [0.29, 0.717) is 6.61 Å². The van der Waals surface area contributed by atoms with Crippen molar-refractivity contribution in [3.05, 3.63) is 58.9 Å². The molecular weight excluding hydrogens is 272 g/mol. The molecule has 1 atom stereocenters. The average molecular weight is 291 g/mol. The van der Waals surface area contributed by atoms with Gasteiger partial charge in [-0.2, -0.15) is 0 Å². The first kappa shape index (κ1) is 14.8. The first-order valence-electron chi connectivity index (χ1n) is 6.81. The van der Waals surface area contributed by atoms with E-state index in [1.807, 2.05) is 43.5 Å². The Morgan fingerprint density at radius 1 is 1.25 bits per heavy atom. The number of aromatic nitrogens is 1. The fourth-order valence-corrected chi connectivity index (χ4v) is 2.40. The number of rotatable bonds is 6. The van der Waals surface area contributed by atoms with E-state index in [1.54, 1.807) is 6.20 Å². The smallest absolute Gasteiger partial charge is 0.137 e. The van der Waals surface area contributed by atoms with Crippen molar-refractivity contribution in [2.24, 2.45) is 0 Å². The quantitative estimate of drug-likeness (QED) is 0.878. The molecule has 1 aromatic carbocycles. The summed E-state index contributed by atoms with van der Waals surface area (Å²) >= 11 is 6.31. The van der Waals surface area contributed by atoms with Gasteiger partial charge >= 0.3 is 0 Å². The van der Waals surface area contributed by atoms with Crippen LogP contribution in [0.15, 0.2) is 42.7 Å². The zero-order chi connectivity index (χ0) is 14.4. The van der Waals surface area contributed by atoms with Crippen molar-refractivity contribution in [1.29, 1.82) is 0 Å². The topological polar surface area (TPSA) is 34.2 Å². The van der Waals surface area contributed by atoms with E-state index in [9.17, 15) is 0 Å². The van der Waals surface area contributed by atoms with Gasteiger partial charge in [0.2, 0.25) is 0 Å². The van der Waals surface area contributed by atoms with Crippen molar-refractivity contribution >= 4 is 11.6 Å². The van der Waals surface area contributed by atoms with Crippen LogP contribution >= 0.6 is 11.6 Å². The van der Waals surface area contributed by atoms with Crippen LogP contribution in [0.4, 0.5) is 0 Å². The Balaban J connectivity index is 2.38. The molecule has 1 N–H and O–H groups in total. The lowest BCUT2D eigenvalue weighted by atomic mass is 10.00. The fraction of sp³-hybridized carbons (Fsp3) is 0.312. The van der Waals surface area contributed by atoms with Crippen LogP contribution in [0.25, 0.3) is 0 Å². The Bertz CT molecular complexity index is 560. The highest BCUT2D eigenvalue weighted by Gasteiger charge is 2.16. The highest BCUT2D eigenvalue weighted by atomic mass is 35.5. The number of nitrogens with one attached hydrogen (secondary N) is 1. The normalized spacial score (nSPS) is 12.2. The van der Waals surface area contributed by atoms with E-state index in [4.69, 9.17) is 16.3 Å². The average Bonchev–Trinajstić information content (AvgIpc) is 2.46. The van der Waals surface area contributed by atoms with Gasteiger partial charge in [0, 0.05) is 11.2 Å². The first-order chi connectivity index (χ1) is 9.76. The van der Waals surface area contributed by atoms with Gasteiger partial charge in [-0.25, -0.2) is 0 Å². The number of hydrogen-bond acceptors (Lipinski definition) is 3. The van der Waals surface area contributed by atoms with E-state index >= 15 is 0 Å². The van der Waals surface area contributed by atoms with Crippen LogP contribution in [0.2, 0.25) is 5.02 Å². The Hall–Kier alpha value is -1.58. The molecule has 20 heavy (non-hydrogen) atoms. The summed E-state index contributed by atoms with van der Waals surface area (Å²) in [7, 11) is 0. The van der Waals surface area contributed by atoms with Gasteiger partial charge in [-0.05, 0) is 36.7 Å². The predicted molar refractivity (Wildman–Crippen MR) is 82.4 cm³/mol. The van der Waals surface area contributed by atoms with E-state index in [-0.39, 0.29) is 6.04 Å². The molecule has 0 radical (unpaired) electrons. The Kier molecular flexibility index (Phi) is 5.39. The third-order valence-corrected chi connectivity index (χ3v) is 3.35. The number of halogens is 1. The lowest BCUT2D eigenvalue weighted by Gasteiger charge is -2.20. The van der Waals surface area contributed by atoms with Crippen LogP contribution in [-0.2, 0) is 0 Å². The second-order valence-corrected chi connectivity index (χ2v) is 4.81. The summed E-state index contributed by atoms with van der Waals surface area (Å²) in [6, 6.07) is 9.88. The zero-order valence-electron chi connectivity index (χ0n) is 11.8. The molecule has 0 bridgehead atoms. The number of benzene rings is 1. The van der Waals surface area contributed by atoms with E-state index in [0.717, 1.165) is 28.4 Å². The maximum Gasteiger partial charge on any atom is 0.137 e. The van der Waals surface area contributed by atoms with E-state index in [1.165, 1.54) is 0 Å². The second kappa shape index (κ2) is 7.27. The fourth-order valence-electron chi connectivity index (χ4n) is 2.16. The summed E-state index contributed by atoms with van der Waals surface area (Å²) in [5.41, 5.74) is 2.09. The van der Waals surface area contributed by atoms with Crippen molar-refractivity contribution in [2.75, 3.05) is 13.2 Å². The standard InChI is InChI=1S/C16H19ClN2O/c1-3-19-16(14-7-5-6-8-15(14)17)12-9-13(20-4-2)11-18-10-12/h5-11,16,19H,3-4H2,1-2H3. The van der Waals surface area contributed by atoms with Crippen LogP contribution in [0.5, 0.6) is 5.75 Å². The van der Waals surface area contributed by atoms with Gasteiger partial charge < -0.3 is 10.1 Å². The molecule has 1 unspecified atom stereocenters. The van der Waals surface area contributed by atoms with Gasteiger partial charge in [-0.3, -0.25) is 4.98 Å². The van der Waals surface area contributed by atoms with Crippen LogP contribution in [0, 0.1) is 0 Å². The van der Waals surface area contributed by atoms with Gasteiger partial charge in [0.25, 0.3) is 0 Å². The van der Waals surface area contributed by atoms with Gasteiger partial charge in [0.05, 0.1) is 18.8 Å². The second-order valence-electron chi connectivity index (χ2n) is 4.40. The van der Waals surface area contributed by atoms with Crippen LogP contribution in [0.3, 0.4) is 0 Å². The molecule has 2 rings (SSSR count). The summed E-state index contributed by atoms with van der Waals surface area (Å²) in [5, 5.41) is 4.20. The van der Waals surface area contributed by atoms with Crippen molar-refractivity contribution in [2.45, 2.75) is 19.9 Å². The third kappa shape index (κ3) is 3.50. The molecule has 0 amide bonds. The van der Waals surface area contributed by atoms with Crippen LogP contribution in [-0.4, -0.2) is 18.1 Å². The lowest BCUT2D eigenvalue weighted by Crippen LogP contribution is -2.22. The maximum absolute atomic E-state index is 6.31. The molecule has 0 spiro atoms. The lowest BCUT2D eigenvalue weighted by molar-refractivity contribution is 0.338. The molecule has 0 saturated carbocycles. The molecule has 1 heterocycles. The molecular formula is C16H19ClN2O. The number of ether oxygens (including phenoxy) is 1. The number of nitrogens with zero attached hydrogens (tertiary/aromatic N) is 1. The Morgan fingerprint density at radius 3 is 2.75 bits per heavy atom. The maximum atomic E-state index is 6.31. The minimum atomic E-state index is 0.0154. The molecule has 0 fully saturated rings. The summed E-state index contributed by atoms with van der Waals surface area (Å²) < 4.78 is 5.52. The zero-order valence-corrected chi connectivity index (χ0v) is 12.5. The van der Waals surface area contributed by atoms with Crippen molar-refractivity contribution in [3.8, 4) is 5.75 Å². The first-order valence-corrected chi connectivity index (χ1v) is 7.19. The summed E-state index contributed by atoms with van der Waals surface area (Å²) in [6.45, 7) is 5.50. The van der Waals surface area contributed by atoms with Gasteiger partial charge in [0.15, 0.2) is 0 Å². The van der Waals surface area contributed by atoms with Crippen LogP contribution < -0.4 is 10.1 Å². The summed E-state index contributed by atoms with van der Waals surface area (Å²) in [4.78, 5) is 4.25. The molecule has 0 aliphatic carbocycles. The van der Waals surface area contributed by atoms with Crippen molar-refractivity contribution in [1.82, 2.24) is 10.3 Å². The SMILES string of the molecule is CCNC(c1cncc(OCC)c1)c1ccccc1Cl.